The molecule has 2 unspecified atom stereocenters. The number of aliphatic hydroxyl groups is 1. The van der Waals surface area contributed by atoms with Gasteiger partial charge in [0.05, 0.1) is 12.3 Å². The van der Waals surface area contributed by atoms with Crippen molar-refractivity contribution in [2.75, 3.05) is 0 Å². The highest BCUT2D eigenvalue weighted by Crippen LogP contribution is 2.20. The molecule has 1 N–H and O–H groups in total. The Kier molecular flexibility index (Phi) is 6.27. The highest BCUT2D eigenvalue weighted by molar-refractivity contribution is 5.03. The maximum atomic E-state index is 10.2. The van der Waals surface area contributed by atoms with Crippen molar-refractivity contribution in [1.29, 1.82) is 0 Å². The zero-order valence-electron chi connectivity index (χ0n) is 11.4. The molecule has 3 nitrogen and oxygen atoms in total. The van der Waals surface area contributed by atoms with E-state index in [-0.39, 0.29) is 6.10 Å². The van der Waals surface area contributed by atoms with Gasteiger partial charge in [-0.1, -0.05) is 33.1 Å². The first-order chi connectivity index (χ1) is 8.17. The molecule has 0 bridgehead atoms. The minimum Gasteiger partial charge on any atom is -0.393 e. The summed E-state index contributed by atoms with van der Waals surface area (Å²) in [6, 6.07) is 0. The van der Waals surface area contributed by atoms with E-state index in [4.69, 9.17) is 0 Å². The minimum atomic E-state index is -0.160. The quantitative estimate of drug-likeness (QED) is 0.756. The summed E-state index contributed by atoms with van der Waals surface area (Å²) in [5, 5.41) is 14.3. The van der Waals surface area contributed by atoms with Crippen molar-refractivity contribution in [3.63, 3.8) is 0 Å². The molecule has 1 heterocycles. The van der Waals surface area contributed by atoms with Crippen LogP contribution in [0.4, 0.5) is 0 Å². The molecular formula is C14H26N2O. The summed E-state index contributed by atoms with van der Waals surface area (Å²) >= 11 is 0. The number of unbranched alkanes of at least 4 members (excludes halogenated alkanes) is 1. The predicted octanol–water partition coefficient (Wildman–Crippen LogP) is 2.93. The van der Waals surface area contributed by atoms with Gasteiger partial charge in [-0.25, -0.2) is 0 Å². The molecule has 0 saturated carbocycles. The van der Waals surface area contributed by atoms with Crippen molar-refractivity contribution in [2.24, 2.45) is 13.0 Å². The minimum absolute atomic E-state index is 0.160. The van der Waals surface area contributed by atoms with E-state index in [1.807, 2.05) is 24.1 Å². The topological polar surface area (TPSA) is 38.1 Å². The van der Waals surface area contributed by atoms with Crippen molar-refractivity contribution < 1.29 is 5.11 Å². The molecule has 1 rings (SSSR count). The maximum Gasteiger partial charge on any atom is 0.0571 e. The molecule has 1 aromatic heterocycles. The number of aliphatic hydroxyl groups excluding tert-OH is 1. The molecule has 2 atom stereocenters. The number of aryl methyl sites for hydroxylation is 2. The van der Waals surface area contributed by atoms with Crippen LogP contribution in [0.2, 0.25) is 0 Å². The summed E-state index contributed by atoms with van der Waals surface area (Å²) in [6.07, 6.45) is 10.2. The van der Waals surface area contributed by atoms with Crippen LogP contribution in [0.5, 0.6) is 0 Å². The van der Waals surface area contributed by atoms with E-state index in [0.717, 1.165) is 25.7 Å². The monoisotopic (exact) mass is 238 g/mol. The maximum absolute atomic E-state index is 10.2. The molecule has 0 radical (unpaired) electrons. The van der Waals surface area contributed by atoms with Crippen molar-refractivity contribution in [2.45, 2.75) is 58.5 Å². The Bertz CT molecular complexity index is 309. The van der Waals surface area contributed by atoms with Crippen molar-refractivity contribution in [3.05, 3.63) is 18.0 Å². The molecule has 0 aliphatic carbocycles. The molecule has 0 fully saturated rings. The second kappa shape index (κ2) is 7.49. The average molecular weight is 238 g/mol. The van der Waals surface area contributed by atoms with Crippen LogP contribution in [0.25, 0.3) is 0 Å². The Morgan fingerprint density at radius 1 is 1.35 bits per heavy atom. The summed E-state index contributed by atoms with van der Waals surface area (Å²) in [7, 11) is 1.93. The third kappa shape index (κ3) is 4.90. The molecule has 0 amide bonds. The highest BCUT2D eigenvalue weighted by Gasteiger charge is 2.16. The third-order valence-corrected chi connectivity index (χ3v) is 3.48. The lowest BCUT2D eigenvalue weighted by atomic mass is 9.90. The Morgan fingerprint density at radius 2 is 2.12 bits per heavy atom. The van der Waals surface area contributed by atoms with E-state index in [0.29, 0.717) is 5.92 Å². The fourth-order valence-electron chi connectivity index (χ4n) is 2.29. The summed E-state index contributed by atoms with van der Waals surface area (Å²) in [6.45, 7) is 4.38. The van der Waals surface area contributed by atoms with Crippen LogP contribution in [0, 0.1) is 5.92 Å². The Hall–Kier alpha value is -0.830. The van der Waals surface area contributed by atoms with Gasteiger partial charge in [0.2, 0.25) is 0 Å². The van der Waals surface area contributed by atoms with Gasteiger partial charge in [0, 0.05) is 13.2 Å². The van der Waals surface area contributed by atoms with Crippen molar-refractivity contribution in [3.8, 4) is 0 Å². The molecule has 17 heavy (non-hydrogen) atoms. The number of nitrogens with zero attached hydrogens (tertiary/aromatic N) is 2. The van der Waals surface area contributed by atoms with Gasteiger partial charge in [0.15, 0.2) is 0 Å². The highest BCUT2D eigenvalue weighted by atomic mass is 16.3. The number of aromatic nitrogens is 2. The van der Waals surface area contributed by atoms with Crippen LogP contribution in [0.3, 0.4) is 0 Å². The predicted molar refractivity (Wildman–Crippen MR) is 70.8 cm³/mol. The van der Waals surface area contributed by atoms with Gasteiger partial charge in [0.1, 0.15) is 0 Å². The van der Waals surface area contributed by atoms with Crippen LogP contribution in [-0.2, 0) is 13.5 Å². The first-order valence-corrected chi connectivity index (χ1v) is 6.83. The Labute approximate surface area is 105 Å². The van der Waals surface area contributed by atoms with Gasteiger partial charge in [-0.3, -0.25) is 4.68 Å². The summed E-state index contributed by atoms with van der Waals surface area (Å²) < 4.78 is 1.82. The lowest BCUT2D eigenvalue weighted by molar-refractivity contribution is 0.0905. The van der Waals surface area contributed by atoms with Gasteiger partial charge in [-0.15, -0.1) is 0 Å². The molecule has 98 valence electrons. The second-order valence-corrected chi connectivity index (χ2v) is 4.94. The largest absolute Gasteiger partial charge is 0.393 e. The molecule has 0 aliphatic heterocycles. The first kappa shape index (κ1) is 14.2. The van der Waals surface area contributed by atoms with Crippen LogP contribution in [0.15, 0.2) is 12.4 Å². The lowest BCUT2D eigenvalue weighted by Gasteiger charge is -2.21. The van der Waals surface area contributed by atoms with Crippen LogP contribution >= 0.6 is 0 Å². The standard InChI is InChI=1S/C14H26N2O/c1-4-6-7-13(5-2)14(17)9-8-12-10-15-16(3)11-12/h10-11,13-14,17H,4-9H2,1-3H3. The van der Waals surface area contributed by atoms with E-state index in [9.17, 15) is 5.11 Å². The van der Waals surface area contributed by atoms with Crippen molar-refractivity contribution >= 4 is 0 Å². The molecule has 1 aromatic rings. The molecule has 0 saturated heterocycles. The SMILES string of the molecule is CCCCC(CC)C(O)CCc1cnn(C)c1. The molecular weight excluding hydrogens is 212 g/mol. The zero-order valence-corrected chi connectivity index (χ0v) is 11.4. The van der Waals surface area contributed by atoms with Gasteiger partial charge in [-0.05, 0) is 30.7 Å². The summed E-state index contributed by atoms with van der Waals surface area (Å²) in [5.74, 6) is 0.464. The fourth-order valence-corrected chi connectivity index (χ4v) is 2.29. The van der Waals surface area contributed by atoms with Crippen LogP contribution < -0.4 is 0 Å². The number of rotatable bonds is 8. The van der Waals surface area contributed by atoms with Gasteiger partial charge in [0.25, 0.3) is 0 Å². The smallest absolute Gasteiger partial charge is 0.0571 e. The van der Waals surface area contributed by atoms with Gasteiger partial charge in [-0.2, -0.15) is 5.10 Å². The van der Waals surface area contributed by atoms with Gasteiger partial charge < -0.3 is 5.11 Å². The fraction of sp³-hybridized carbons (Fsp3) is 0.786. The van der Waals surface area contributed by atoms with E-state index >= 15 is 0 Å². The second-order valence-electron chi connectivity index (χ2n) is 4.94. The lowest BCUT2D eigenvalue weighted by Crippen LogP contribution is -2.20. The number of hydrogen-bond acceptors (Lipinski definition) is 2. The number of hydrogen-bond donors (Lipinski definition) is 1. The molecule has 3 heteroatoms. The van der Waals surface area contributed by atoms with Crippen LogP contribution in [-0.4, -0.2) is 21.0 Å². The van der Waals surface area contributed by atoms with Crippen LogP contribution in [0.1, 0.15) is 51.5 Å². The van der Waals surface area contributed by atoms with E-state index in [1.54, 1.807) is 0 Å². The Balaban J connectivity index is 2.33. The molecule has 0 aliphatic rings. The Morgan fingerprint density at radius 3 is 2.65 bits per heavy atom. The third-order valence-electron chi connectivity index (χ3n) is 3.48. The van der Waals surface area contributed by atoms with Crippen molar-refractivity contribution in [1.82, 2.24) is 9.78 Å². The van der Waals surface area contributed by atoms with E-state index < -0.39 is 0 Å². The summed E-state index contributed by atoms with van der Waals surface area (Å²) in [4.78, 5) is 0. The zero-order chi connectivity index (χ0) is 12.7. The normalized spacial score (nSPS) is 14.8. The van der Waals surface area contributed by atoms with E-state index in [2.05, 4.69) is 18.9 Å². The molecule has 0 spiro atoms. The first-order valence-electron chi connectivity index (χ1n) is 6.83. The summed E-state index contributed by atoms with van der Waals surface area (Å²) in [5.41, 5.74) is 1.22. The average Bonchev–Trinajstić information content (AvgIpc) is 2.73. The van der Waals surface area contributed by atoms with Gasteiger partial charge >= 0.3 is 0 Å². The molecule has 0 aromatic carbocycles. The van der Waals surface area contributed by atoms with E-state index in [1.165, 1.54) is 18.4 Å².